The van der Waals surface area contributed by atoms with Crippen molar-refractivity contribution in [3.63, 3.8) is 0 Å². The minimum atomic E-state index is -2.58. The van der Waals surface area contributed by atoms with Crippen molar-refractivity contribution in [2.75, 3.05) is 45.7 Å². The first kappa shape index (κ1) is 67.8. The minimum Gasteiger partial charge on any atom is -0.450 e. The van der Waals surface area contributed by atoms with Crippen LogP contribution in [-0.2, 0) is 54.0 Å². The van der Waals surface area contributed by atoms with Crippen LogP contribution in [0, 0.1) is 34.5 Å². The third-order valence-corrected chi connectivity index (χ3v) is 23.3. The van der Waals surface area contributed by atoms with Crippen LogP contribution in [0.3, 0.4) is 0 Å². The van der Waals surface area contributed by atoms with E-state index in [0.29, 0.717) is 30.5 Å². The molecule has 1 aromatic rings. The van der Waals surface area contributed by atoms with Gasteiger partial charge in [-0.05, 0) is 125 Å². The molecule has 0 aliphatic heterocycles. The first-order chi connectivity index (χ1) is 38.4. The van der Waals surface area contributed by atoms with Gasteiger partial charge in [-0.25, -0.2) is 19.2 Å². The third-order valence-electron chi connectivity index (χ3n) is 17.9. The van der Waals surface area contributed by atoms with Crippen LogP contribution < -0.4 is 27.0 Å². The van der Waals surface area contributed by atoms with Gasteiger partial charge in [0.15, 0.2) is 26.3 Å². The number of Topliss-reactive ketones (excluding diaryl/α,β-unsaturated/α-hetero) is 1. The second kappa shape index (κ2) is 26.5. The number of carbonyl (C=O) groups excluding carboxylic acids is 9. The molecule has 3 fully saturated rings. The number of carbonyl (C=O) groups is 9. The van der Waals surface area contributed by atoms with Crippen molar-refractivity contribution in [1.82, 2.24) is 25.8 Å². The fourth-order valence-corrected chi connectivity index (χ4v) is 14.3. The average molecular weight is 1200 g/mol. The summed E-state index contributed by atoms with van der Waals surface area (Å²) in [4.78, 5) is 121. The van der Waals surface area contributed by atoms with E-state index in [-0.39, 0.29) is 80.5 Å². The lowest BCUT2D eigenvalue weighted by molar-refractivity contribution is -0.201. The van der Waals surface area contributed by atoms with Crippen LogP contribution in [0.1, 0.15) is 134 Å². The monoisotopic (exact) mass is 1200 g/mol. The zero-order valence-corrected chi connectivity index (χ0v) is 53.4. The lowest BCUT2D eigenvalue weighted by Gasteiger charge is -2.66. The van der Waals surface area contributed by atoms with E-state index in [1.165, 1.54) is 23.9 Å². The molecule has 6 N–H and O–H groups in total. The first-order valence-electron chi connectivity index (χ1n) is 28.9. The molecule has 83 heavy (non-hydrogen) atoms. The maximum atomic E-state index is 15.1. The molecule has 10 atom stereocenters. The number of nitrogens with two attached hydrogens (primary N) is 1. The molecule has 0 spiro atoms. The van der Waals surface area contributed by atoms with E-state index in [9.17, 15) is 38.4 Å². The van der Waals surface area contributed by atoms with Gasteiger partial charge in [0, 0.05) is 62.6 Å². The number of benzene rings is 1. The predicted molar refractivity (Wildman–Crippen MR) is 316 cm³/mol. The molecule has 0 saturated heterocycles. The Morgan fingerprint density at radius 2 is 1.51 bits per heavy atom. The van der Waals surface area contributed by atoms with Crippen molar-refractivity contribution in [1.29, 1.82) is 0 Å². The van der Waals surface area contributed by atoms with Crippen molar-refractivity contribution in [2.24, 2.45) is 40.2 Å². The number of esters is 1. The van der Waals surface area contributed by atoms with E-state index in [0.717, 1.165) is 5.57 Å². The van der Waals surface area contributed by atoms with Gasteiger partial charge in [-0.2, -0.15) is 0 Å². The summed E-state index contributed by atoms with van der Waals surface area (Å²) in [5, 5.41) is 10.3. The number of hydrogen-bond donors (Lipinski definition) is 5. The molecule has 0 unspecified atom stereocenters. The van der Waals surface area contributed by atoms with E-state index < -0.39 is 114 Å². The van der Waals surface area contributed by atoms with Gasteiger partial charge in [0.2, 0.25) is 17.6 Å². The fourth-order valence-electron chi connectivity index (χ4n) is 12.3. The summed E-state index contributed by atoms with van der Waals surface area (Å²) in [7, 11) is 0.397. The van der Waals surface area contributed by atoms with Crippen molar-refractivity contribution in [3.05, 3.63) is 53.6 Å². The van der Waals surface area contributed by atoms with E-state index in [4.69, 9.17) is 40.7 Å². The molecule has 0 aromatic heterocycles. The molecular weight excluding hydrogens is 1110 g/mol. The standard InChI is InChI=1S/C60H92ClN7O14Si/c1-17-47(71)80-60(37(4)31-43-42-25-22-39-32-41(69)26-27-57(39,11)59(42,61)46(33-58(43,60)12)82-83(15,16)56(8,9)10)45(70)35-79-54(77)68(14)30-29-67(13)53(76)78-34-38-20-23-40(24-21-38)64-49(72)44(19-18-28-63-51(62)74)65-50(73)48(36(2)3)66-52(75)81-55(5,6)7/h20-21,23-24,26-27,32,36-37,42-44,46,48H,17-19,22,25,28-31,33-35H2,1-16H3,(H,64,72)(H,65,73)(H,66,75)(H3,62,63,74)/t37-,42+,43+,44+,46+,48+,57+,58+,59+,60+/m1/s1. The maximum absolute atomic E-state index is 15.1. The van der Waals surface area contributed by atoms with Gasteiger partial charge >= 0.3 is 30.3 Å². The molecule has 0 bridgehead atoms. The number of alkyl carbamates (subject to hydrolysis) is 1. The van der Waals surface area contributed by atoms with Crippen molar-refractivity contribution >= 4 is 79.3 Å². The molecule has 462 valence electrons. The van der Waals surface area contributed by atoms with Gasteiger partial charge in [0.1, 0.15) is 24.3 Å². The molecular formula is C60H92ClN7O14Si. The van der Waals surface area contributed by atoms with Gasteiger partial charge in [0.05, 0.1) is 11.0 Å². The Bertz CT molecular complexity index is 2670. The number of likely N-dealkylation sites (N-methyl/N-ethyl adjacent to an activating group) is 2. The summed E-state index contributed by atoms with van der Waals surface area (Å²) >= 11 is 8.24. The van der Waals surface area contributed by atoms with E-state index in [2.05, 4.69) is 62.1 Å². The number of urea groups is 1. The van der Waals surface area contributed by atoms with Crippen LogP contribution in [0.5, 0.6) is 0 Å². The van der Waals surface area contributed by atoms with E-state index in [1.54, 1.807) is 78.0 Å². The number of alkyl halides is 1. The maximum Gasteiger partial charge on any atom is 0.409 e. The third kappa shape index (κ3) is 15.1. The summed E-state index contributed by atoms with van der Waals surface area (Å²) in [6.45, 7) is 26.4. The number of anilines is 1. The number of fused-ring (bicyclic) bond motifs is 5. The number of nitrogens with one attached hydrogen (secondary N) is 4. The smallest absolute Gasteiger partial charge is 0.409 e. The molecule has 4 aliphatic rings. The summed E-state index contributed by atoms with van der Waals surface area (Å²) < 4.78 is 30.5. The van der Waals surface area contributed by atoms with Crippen LogP contribution in [0.25, 0.3) is 0 Å². The van der Waals surface area contributed by atoms with Crippen LogP contribution >= 0.6 is 11.6 Å². The number of ether oxygens (including phenoxy) is 4. The number of rotatable bonds is 22. The Balaban J connectivity index is 1.21. The Labute approximate surface area is 496 Å². The highest BCUT2D eigenvalue weighted by atomic mass is 35.5. The topological polar surface area (TPSA) is 280 Å². The molecule has 23 heteroatoms. The molecule has 7 amide bonds. The van der Waals surface area contributed by atoms with E-state index in [1.807, 2.05) is 19.9 Å². The normalized spacial score (nSPS) is 26.3. The number of nitrogens with zero attached hydrogens (tertiary/aromatic N) is 2. The van der Waals surface area contributed by atoms with Crippen molar-refractivity contribution < 1.29 is 66.5 Å². The van der Waals surface area contributed by atoms with Crippen LogP contribution in [0.4, 0.5) is 24.9 Å². The second-order valence-corrected chi connectivity index (χ2v) is 31.6. The van der Waals surface area contributed by atoms with E-state index >= 15 is 4.79 Å². The van der Waals surface area contributed by atoms with Crippen LogP contribution in [-0.4, -0.2) is 146 Å². The van der Waals surface area contributed by atoms with Gasteiger partial charge in [-0.15, -0.1) is 11.6 Å². The summed E-state index contributed by atoms with van der Waals surface area (Å²) in [5.74, 6) is -3.66. The molecule has 1 aromatic carbocycles. The SMILES string of the molecule is CCC(=O)O[C@]1(C(=O)COC(=O)N(C)CCN(C)C(=O)OCc2ccc(NC(=O)[C@H](CCCNC(N)=O)NC(=O)[C@@H](NC(=O)OC(C)(C)C)C(C)C)cc2)[C@H](C)C[C@H]2[C@@H]3CCC4=CC(=O)C=C[C@]4(C)[C@@]3(Cl)[C@@H](O[Si](C)(C)C(C)(C)C)C[C@@]21C. The molecule has 0 radical (unpaired) electrons. The molecule has 3 saturated carbocycles. The Morgan fingerprint density at radius 1 is 0.892 bits per heavy atom. The number of ketones is 2. The zero-order valence-electron chi connectivity index (χ0n) is 51.6. The molecule has 4 aliphatic carbocycles. The largest absolute Gasteiger partial charge is 0.450 e. The summed E-state index contributed by atoms with van der Waals surface area (Å²) in [6.07, 6.45) is 4.72. The highest BCUT2D eigenvalue weighted by Gasteiger charge is 2.77. The highest BCUT2D eigenvalue weighted by molar-refractivity contribution is 6.74. The number of allylic oxidation sites excluding steroid dienone is 4. The van der Waals surface area contributed by atoms with Gasteiger partial charge in [-0.3, -0.25) is 24.0 Å². The molecule has 5 rings (SSSR count). The first-order valence-corrected chi connectivity index (χ1v) is 32.2. The Kier molecular flexibility index (Phi) is 21.6. The average Bonchev–Trinajstić information content (AvgIpc) is 1.69. The predicted octanol–water partition coefficient (Wildman–Crippen LogP) is 8.92. The van der Waals surface area contributed by atoms with Gasteiger partial charge < -0.3 is 60.2 Å². The van der Waals surface area contributed by atoms with Gasteiger partial charge in [0.25, 0.3) is 0 Å². The molecule has 21 nitrogen and oxygen atoms in total. The zero-order chi connectivity index (χ0) is 62.4. The number of halogens is 1. The Morgan fingerprint density at radius 3 is 2.07 bits per heavy atom. The Hall–Kier alpha value is -6.00. The number of primary amides is 1. The lowest BCUT2D eigenvalue weighted by atomic mass is 9.45. The molecule has 0 heterocycles. The summed E-state index contributed by atoms with van der Waals surface area (Å²) in [6, 6.07) is 3.61. The van der Waals surface area contributed by atoms with Crippen molar-refractivity contribution in [2.45, 2.75) is 187 Å². The van der Waals surface area contributed by atoms with Crippen molar-refractivity contribution in [3.8, 4) is 0 Å². The minimum absolute atomic E-state index is 0.00184. The van der Waals surface area contributed by atoms with Crippen LogP contribution in [0.2, 0.25) is 18.1 Å². The second-order valence-electron chi connectivity index (χ2n) is 26.2. The summed E-state index contributed by atoms with van der Waals surface area (Å²) in [5.41, 5.74) is 2.85. The van der Waals surface area contributed by atoms with Crippen LogP contribution in [0.15, 0.2) is 48.1 Å². The lowest BCUT2D eigenvalue weighted by Crippen LogP contribution is -2.71. The fraction of sp³-hybridized carbons (Fsp3) is 0.683. The number of hydrogen-bond acceptors (Lipinski definition) is 14. The van der Waals surface area contributed by atoms with Gasteiger partial charge in [-0.1, -0.05) is 86.1 Å². The number of amides is 7. The highest BCUT2D eigenvalue weighted by Crippen LogP contribution is 2.73. The quantitative estimate of drug-likeness (QED) is 0.0238.